The maximum atomic E-state index is 12.6. The fourth-order valence-corrected chi connectivity index (χ4v) is 5.20. The van der Waals surface area contributed by atoms with Crippen molar-refractivity contribution in [3.63, 3.8) is 0 Å². The molecule has 0 bridgehead atoms. The van der Waals surface area contributed by atoms with Gasteiger partial charge in [-0.05, 0) is 50.1 Å². The van der Waals surface area contributed by atoms with Gasteiger partial charge in [-0.1, -0.05) is 19.1 Å². The largest absolute Gasteiger partial charge is 0.370 e. The summed E-state index contributed by atoms with van der Waals surface area (Å²) in [6.07, 6.45) is 4.93. The van der Waals surface area contributed by atoms with Crippen molar-refractivity contribution >= 4 is 22.5 Å². The number of likely N-dealkylation sites (tertiary alicyclic amines) is 1. The van der Waals surface area contributed by atoms with E-state index in [-0.39, 0.29) is 16.9 Å². The molecule has 2 aliphatic heterocycles. The molecule has 3 aromatic rings. The van der Waals surface area contributed by atoms with Crippen LogP contribution in [0.1, 0.15) is 42.5 Å². The number of rotatable bonds is 4. The van der Waals surface area contributed by atoms with Crippen molar-refractivity contribution in [2.45, 2.75) is 37.6 Å². The first-order valence-corrected chi connectivity index (χ1v) is 11.6. The molecule has 1 aromatic carbocycles. The molecule has 0 saturated carbocycles. The van der Waals surface area contributed by atoms with Crippen molar-refractivity contribution in [3.8, 4) is 0 Å². The molecule has 0 aliphatic carbocycles. The zero-order valence-corrected chi connectivity index (χ0v) is 19.2. The van der Waals surface area contributed by atoms with Crippen LogP contribution in [0.2, 0.25) is 0 Å². The Morgan fingerprint density at radius 1 is 1.15 bits per heavy atom. The Kier molecular flexibility index (Phi) is 5.62. The number of carbonyl (C=O) groups excluding carboxylic acids is 1. The molecule has 5 rings (SSSR count). The van der Waals surface area contributed by atoms with Gasteiger partial charge >= 0.3 is 0 Å². The van der Waals surface area contributed by atoms with Gasteiger partial charge in [0.2, 0.25) is 0 Å². The third-order valence-corrected chi connectivity index (χ3v) is 7.24. The van der Waals surface area contributed by atoms with Crippen molar-refractivity contribution in [1.29, 1.82) is 0 Å². The topological polar surface area (TPSA) is 94.2 Å². The minimum atomic E-state index is -0.167. The molecule has 172 valence electrons. The van der Waals surface area contributed by atoms with E-state index in [4.69, 9.17) is 4.98 Å². The molecule has 2 aromatic heterocycles. The van der Waals surface area contributed by atoms with E-state index in [1.54, 1.807) is 19.3 Å². The minimum Gasteiger partial charge on any atom is -0.370 e. The van der Waals surface area contributed by atoms with Crippen molar-refractivity contribution in [3.05, 3.63) is 64.5 Å². The molecule has 1 amide bonds. The van der Waals surface area contributed by atoms with Crippen molar-refractivity contribution in [2.75, 3.05) is 38.1 Å². The molecule has 33 heavy (non-hydrogen) atoms. The number of nitrogens with one attached hydrogen (secondary N) is 2. The number of aromatic nitrogens is 3. The fraction of sp³-hybridized carbons (Fsp3) is 0.440. The highest BCUT2D eigenvalue weighted by molar-refractivity contribution is 5.92. The molecular weight excluding hydrogens is 416 g/mol. The average Bonchev–Trinajstić information content (AvgIpc) is 3.27. The quantitative estimate of drug-likeness (QED) is 0.639. The van der Waals surface area contributed by atoms with Crippen LogP contribution in [0, 0.1) is 0 Å². The van der Waals surface area contributed by atoms with Gasteiger partial charge in [-0.15, -0.1) is 0 Å². The van der Waals surface area contributed by atoms with Crippen molar-refractivity contribution in [2.24, 2.45) is 0 Å². The summed E-state index contributed by atoms with van der Waals surface area (Å²) in [4.78, 5) is 41.4. The van der Waals surface area contributed by atoms with Crippen LogP contribution in [0.3, 0.4) is 0 Å². The predicted molar refractivity (Wildman–Crippen MR) is 129 cm³/mol. The summed E-state index contributed by atoms with van der Waals surface area (Å²) in [6, 6.07) is 11.8. The second-order valence-corrected chi connectivity index (χ2v) is 9.41. The summed E-state index contributed by atoms with van der Waals surface area (Å²) >= 11 is 0. The highest BCUT2D eigenvalue weighted by Crippen LogP contribution is 2.35. The van der Waals surface area contributed by atoms with E-state index in [2.05, 4.69) is 32.0 Å². The Morgan fingerprint density at radius 2 is 1.94 bits per heavy atom. The van der Waals surface area contributed by atoms with E-state index in [0.29, 0.717) is 17.1 Å². The minimum absolute atomic E-state index is 0.0559. The molecular formula is C25H30N6O2. The summed E-state index contributed by atoms with van der Waals surface area (Å²) < 4.78 is 0. The van der Waals surface area contributed by atoms with Gasteiger partial charge in [0.1, 0.15) is 11.5 Å². The van der Waals surface area contributed by atoms with Gasteiger partial charge in [-0.3, -0.25) is 14.5 Å². The summed E-state index contributed by atoms with van der Waals surface area (Å²) in [5, 5.41) is 3.25. The van der Waals surface area contributed by atoms with Crippen molar-refractivity contribution in [1.82, 2.24) is 25.2 Å². The van der Waals surface area contributed by atoms with Gasteiger partial charge in [0.05, 0.1) is 22.8 Å². The summed E-state index contributed by atoms with van der Waals surface area (Å²) in [6.45, 7) is 6.06. The van der Waals surface area contributed by atoms with Crippen LogP contribution < -0.4 is 15.8 Å². The molecule has 8 heteroatoms. The van der Waals surface area contributed by atoms with Crippen LogP contribution in [0.5, 0.6) is 0 Å². The van der Waals surface area contributed by atoms with Gasteiger partial charge in [-0.25, -0.2) is 9.97 Å². The van der Waals surface area contributed by atoms with E-state index in [1.165, 1.54) is 0 Å². The van der Waals surface area contributed by atoms with Crippen LogP contribution in [0.4, 0.5) is 5.69 Å². The van der Waals surface area contributed by atoms with Crippen LogP contribution >= 0.6 is 0 Å². The molecule has 1 unspecified atom stereocenters. The standard InChI is InChI=1S/C25H30N6O2/c1-25(24-28-20-6-4-3-5-19(20)22(32)29-24)11-14-31(16-25)17-9-12-30(13-10-17)18-7-8-21(27-15-18)23(33)26-2/h3-8,15,17H,9-14,16H2,1-2H3,(H,26,33)(H,28,29,32). The predicted octanol–water partition coefficient (Wildman–Crippen LogP) is 2.31. The lowest BCUT2D eigenvalue weighted by Crippen LogP contribution is -2.45. The van der Waals surface area contributed by atoms with Crippen LogP contribution in [0.15, 0.2) is 47.4 Å². The maximum absolute atomic E-state index is 12.6. The first kappa shape index (κ1) is 21.6. The number of fused-ring (bicyclic) bond motifs is 1. The highest BCUT2D eigenvalue weighted by atomic mass is 16.1. The Balaban J connectivity index is 1.24. The van der Waals surface area contributed by atoms with Crippen LogP contribution in [-0.2, 0) is 5.41 Å². The summed E-state index contributed by atoms with van der Waals surface area (Å²) in [7, 11) is 1.61. The average molecular weight is 447 g/mol. The molecule has 2 fully saturated rings. The lowest BCUT2D eigenvalue weighted by molar-refractivity contribution is 0.0958. The van der Waals surface area contributed by atoms with Gasteiger partial charge in [0.25, 0.3) is 11.5 Å². The third kappa shape index (κ3) is 4.11. The fourth-order valence-electron chi connectivity index (χ4n) is 5.20. The zero-order chi connectivity index (χ0) is 23.0. The van der Waals surface area contributed by atoms with Crippen LogP contribution in [0.25, 0.3) is 10.9 Å². The molecule has 0 radical (unpaired) electrons. The van der Waals surface area contributed by atoms with Gasteiger partial charge in [0.15, 0.2) is 0 Å². The number of piperidine rings is 1. The first-order valence-electron chi connectivity index (χ1n) is 11.6. The van der Waals surface area contributed by atoms with E-state index in [9.17, 15) is 9.59 Å². The molecule has 2 aliphatic rings. The number of para-hydroxylation sites is 1. The second kappa shape index (κ2) is 8.59. The third-order valence-electron chi connectivity index (χ3n) is 7.24. The number of H-pyrrole nitrogens is 1. The Morgan fingerprint density at radius 3 is 2.67 bits per heavy atom. The van der Waals surface area contributed by atoms with Gasteiger partial charge < -0.3 is 15.2 Å². The lowest BCUT2D eigenvalue weighted by Gasteiger charge is -2.38. The Bertz CT molecular complexity index is 1220. The molecule has 0 spiro atoms. The molecule has 2 saturated heterocycles. The van der Waals surface area contributed by atoms with E-state index in [1.807, 2.05) is 30.3 Å². The Labute approximate surface area is 193 Å². The SMILES string of the molecule is CNC(=O)c1ccc(N2CCC(N3CCC(C)(c4nc5ccccc5c(=O)[nH]4)C3)CC2)cn1. The number of anilines is 1. The lowest BCUT2D eigenvalue weighted by atomic mass is 9.88. The smallest absolute Gasteiger partial charge is 0.269 e. The molecule has 4 heterocycles. The summed E-state index contributed by atoms with van der Waals surface area (Å²) in [5.74, 6) is 0.632. The Hall–Kier alpha value is -3.26. The number of carbonyl (C=O) groups is 1. The summed E-state index contributed by atoms with van der Waals surface area (Å²) in [5.41, 5.74) is 2.05. The monoisotopic (exact) mass is 446 g/mol. The number of pyridine rings is 1. The number of hydrogen-bond donors (Lipinski definition) is 2. The molecule has 1 atom stereocenters. The van der Waals surface area contributed by atoms with Gasteiger partial charge in [0, 0.05) is 38.1 Å². The first-order chi connectivity index (χ1) is 16.0. The number of amides is 1. The highest BCUT2D eigenvalue weighted by Gasteiger charge is 2.40. The molecule has 8 nitrogen and oxygen atoms in total. The number of aromatic amines is 1. The van der Waals surface area contributed by atoms with E-state index >= 15 is 0 Å². The number of benzene rings is 1. The normalized spacial score (nSPS) is 22.1. The van der Waals surface area contributed by atoms with E-state index < -0.39 is 0 Å². The van der Waals surface area contributed by atoms with E-state index in [0.717, 1.165) is 62.5 Å². The number of nitrogens with zero attached hydrogens (tertiary/aromatic N) is 4. The number of hydrogen-bond acceptors (Lipinski definition) is 6. The maximum Gasteiger partial charge on any atom is 0.269 e. The van der Waals surface area contributed by atoms with Crippen LogP contribution in [-0.4, -0.2) is 65.0 Å². The molecule has 2 N–H and O–H groups in total. The zero-order valence-electron chi connectivity index (χ0n) is 19.2. The second-order valence-electron chi connectivity index (χ2n) is 9.41. The van der Waals surface area contributed by atoms with Crippen molar-refractivity contribution < 1.29 is 4.79 Å². The van der Waals surface area contributed by atoms with Gasteiger partial charge in [-0.2, -0.15) is 0 Å².